The fourth-order valence-electron chi connectivity index (χ4n) is 2.52. The molecule has 0 saturated heterocycles. The fraction of sp³-hybridized carbons (Fsp3) is 0.438. The lowest BCUT2D eigenvalue weighted by molar-refractivity contribution is -0.136. The first kappa shape index (κ1) is 16.4. The first-order valence-electron chi connectivity index (χ1n) is 7.47. The summed E-state index contributed by atoms with van der Waals surface area (Å²) < 4.78 is 0. The van der Waals surface area contributed by atoms with E-state index in [1.54, 1.807) is 24.3 Å². The van der Waals surface area contributed by atoms with Gasteiger partial charge < -0.3 is 10.6 Å². The predicted molar refractivity (Wildman–Crippen MR) is 86.2 cm³/mol. The molecule has 0 bridgehead atoms. The van der Waals surface area contributed by atoms with Gasteiger partial charge in [0, 0.05) is 16.6 Å². The van der Waals surface area contributed by atoms with Crippen LogP contribution in [0.15, 0.2) is 29.2 Å². The summed E-state index contributed by atoms with van der Waals surface area (Å²) in [6.07, 6.45) is 6.49. The highest BCUT2D eigenvalue weighted by molar-refractivity contribution is 8.03. The zero-order valence-corrected chi connectivity index (χ0v) is 13.1. The Labute approximate surface area is 134 Å². The molecule has 2 rings (SSSR count). The van der Waals surface area contributed by atoms with Crippen LogP contribution in [0, 0.1) is 10.7 Å². The molecular weight excluding hydrogens is 298 g/mol. The molecule has 0 unspecified atom stereocenters. The quantitative estimate of drug-likeness (QED) is 0.388. The van der Waals surface area contributed by atoms with Crippen LogP contribution in [0.5, 0.6) is 0 Å². The first-order valence-corrected chi connectivity index (χ1v) is 8.28. The monoisotopic (exact) mass is 317 g/mol. The third-order valence-electron chi connectivity index (χ3n) is 3.67. The molecule has 5 nitrogen and oxygen atoms in total. The number of rotatable bonds is 3. The van der Waals surface area contributed by atoms with Crippen molar-refractivity contribution >= 4 is 29.3 Å². The standard InChI is InChI=1S/C16H19N3O2S/c17-11-22-14-9-7-13(8-10-14)19-16(21)15(20)18-12-5-3-1-2-4-6-12/h7-10,12H,1-6H2,(H,18,20)(H,19,21). The summed E-state index contributed by atoms with van der Waals surface area (Å²) in [6.45, 7) is 0. The van der Waals surface area contributed by atoms with E-state index in [-0.39, 0.29) is 6.04 Å². The molecule has 0 spiro atoms. The van der Waals surface area contributed by atoms with E-state index < -0.39 is 11.8 Å². The van der Waals surface area contributed by atoms with E-state index >= 15 is 0 Å². The summed E-state index contributed by atoms with van der Waals surface area (Å²) >= 11 is 1.05. The van der Waals surface area contributed by atoms with Gasteiger partial charge >= 0.3 is 11.8 Å². The highest BCUT2D eigenvalue weighted by Crippen LogP contribution is 2.19. The Balaban J connectivity index is 1.85. The van der Waals surface area contributed by atoms with Gasteiger partial charge in [0.1, 0.15) is 5.40 Å². The molecule has 22 heavy (non-hydrogen) atoms. The maximum absolute atomic E-state index is 11.9. The SMILES string of the molecule is N#CSc1ccc(NC(=O)C(=O)NC2CCCCCC2)cc1. The lowest BCUT2D eigenvalue weighted by Gasteiger charge is -2.15. The van der Waals surface area contributed by atoms with Crippen molar-refractivity contribution in [1.29, 1.82) is 5.26 Å². The molecule has 0 heterocycles. The Kier molecular flexibility index (Phi) is 6.28. The number of nitriles is 1. The molecule has 0 radical (unpaired) electrons. The van der Waals surface area contributed by atoms with Gasteiger partial charge in [0.15, 0.2) is 0 Å². The molecule has 1 aliphatic carbocycles. The normalized spacial score (nSPS) is 15.4. The number of hydrogen-bond acceptors (Lipinski definition) is 4. The maximum atomic E-state index is 11.9. The number of carbonyl (C=O) groups excluding carboxylic acids is 2. The van der Waals surface area contributed by atoms with Crippen molar-refractivity contribution < 1.29 is 9.59 Å². The lowest BCUT2D eigenvalue weighted by Crippen LogP contribution is -2.41. The molecule has 116 valence electrons. The van der Waals surface area contributed by atoms with E-state index in [9.17, 15) is 9.59 Å². The van der Waals surface area contributed by atoms with E-state index in [2.05, 4.69) is 10.6 Å². The zero-order chi connectivity index (χ0) is 15.8. The number of benzene rings is 1. The van der Waals surface area contributed by atoms with E-state index in [0.29, 0.717) is 5.69 Å². The number of thioether (sulfide) groups is 1. The second-order valence-electron chi connectivity index (χ2n) is 5.33. The molecule has 0 aliphatic heterocycles. The summed E-state index contributed by atoms with van der Waals surface area (Å²) in [7, 11) is 0. The van der Waals surface area contributed by atoms with E-state index in [1.807, 2.05) is 5.40 Å². The summed E-state index contributed by atoms with van der Waals surface area (Å²) in [4.78, 5) is 24.6. The molecule has 0 atom stereocenters. The number of nitrogens with zero attached hydrogens (tertiary/aromatic N) is 1. The van der Waals surface area contributed by atoms with Crippen LogP contribution in [0.4, 0.5) is 5.69 Å². The number of carbonyl (C=O) groups is 2. The molecule has 1 fully saturated rings. The molecule has 2 amide bonds. The molecule has 1 aromatic rings. The predicted octanol–water partition coefficient (Wildman–Crippen LogP) is 3.04. The van der Waals surface area contributed by atoms with Gasteiger partial charge in [-0.05, 0) is 48.9 Å². The van der Waals surface area contributed by atoms with Gasteiger partial charge in [-0.2, -0.15) is 5.26 Å². The smallest absolute Gasteiger partial charge is 0.313 e. The van der Waals surface area contributed by atoms with Crippen molar-refractivity contribution in [3.8, 4) is 5.40 Å². The number of amides is 2. The fourth-order valence-corrected chi connectivity index (χ4v) is 2.90. The second-order valence-corrected chi connectivity index (χ2v) is 6.19. The van der Waals surface area contributed by atoms with Crippen LogP contribution in [-0.2, 0) is 9.59 Å². The minimum absolute atomic E-state index is 0.107. The van der Waals surface area contributed by atoms with Crippen LogP contribution < -0.4 is 10.6 Å². The van der Waals surface area contributed by atoms with Crippen molar-refractivity contribution in [2.24, 2.45) is 0 Å². The van der Waals surface area contributed by atoms with Gasteiger partial charge in [0.05, 0.1) is 0 Å². The van der Waals surface area contributed by atoms with Crippen molar-refractivity contribution in [3.63, 3.8) is 0 Å². The molecule has 2 N–H and O–H groups in total. The molecule has 1 saturated carbocycles. The van der Waals surface area contributed by atoms with E-state index in [4.69, 9.17) is 5.26 Å². The van der Waals surface area contributed by atoms with Gasteiger partial charge in [0.2, 0.25) is 0 Å². The number of hydrogen-bond donors (Lipinski definition) is 2. The third-order valence-corrected chi connectivity index (χ3v) is 4.27. The van der Waals surface area contributed by atoms with Crippen LogP contribution in [0.2, 0.25) is 0 Å². The van der Waals surface area contributed by atoms with Gasteiger partial charge in [0.25, 0.3) is 0 Å². The van der Waals surface area contributed by atoms with Crippen molar-refractivity contribution in [2.45, 2.75) is 49.5 Å². The first-order chi connectivity index (χ1) is 10.7. The summed E-state index contributed by atoms with van der Waals surface area (Å²) in [5.41, 5.74) is 0.545. The Morgan fingerprint density at radius 2 is 1.68 bits per heavy atom. The average molecular weight is 317 g/mol. The lowest BCUT2D eigenvalue weighted by atomic mass is 10.1. The maximum Gasteiger partial charge on any atom is 0.313 e. The Bertz CT molecular complexity index is 558. The number of thiocyanates is 1. The average Bonchev–Trinajstić information content (AvgIpc) is 2.78. The Morgan fingerprint density at radius 1 is 1.05 bits per heavy atom. The largest absolute Gasteiger partial charge is 0.345 e. The van der Waals surface area contributed by atoms with Crippen LogP contribution in [-0.4, -0.2) is 17.9 Å². The Hall–Kier alpha value is -2.00. The summed E-state index contributed by atoms with van der Waals surface area (Å²) in [6, 6.07) is 6.92. The molecule has 0 aromatic heterocycles. The van der Waals surface area contributed by atoms with E-state index in [0.717, 1.165) is 42.3 Å². The summed E-state index contributed by atoms with van der Waals surface area (Å²) in [5, 5.41) is 15.9. The van der Waals surface area contributed by atoms with Gasteiger partial charge in [-0.25, -0.2) is 0 Å². The second kappa shape index (κ2) is 8.44. The summed E-state index contributed by atoms with van der Waals surface area (Å²) in [5.74, 6) is -1.23. The highest BCUT2D eigenvalue weighted by atomic mass is 32.2. The number of anilines is 1. The highest BCUT2D eigenvalue weighted by Gasteiger charge is 2.19. The van der Waals surface area contributed by atoms with Crippen molar-refractivity contribution in [1.82, 2.24) is 5.32 Å². The molecule has 6 heteroatoms. The Morgan fingerprint density at radius 3 is 2.27 bits per heavy atom. The van der Waals surface area contributed by atoms with E-state index in [1.165, 1.54) is 12.8 Å². The third kappa shape index (κ3) is 5.08. The van der Waals surface area contributed by atoms with Crippen LogP contribution in [0.3, 0.4) is 0 Å². The van der Waals surface area contributed by atoms with Crippen LogP contribution in [0.25, 0.3) is 0 Å². The number of nitrogens with one attached hydrogen (secondary N) is 2. The van der Waals surface area contributed by atoms with Crippen molar-refractivity contribution in [3.05, 3.63) is 24.3 Å². The van der Waals surface area contributed by atoms with Crippen molar-refractivity contribution in [2.75, 3.05) is 5.32 Å². The van der Waals surface area contributed by atoms with Crippen LogP contribution >= 0.6 is 11.8 Å². The van der Waals surface area contributed by atoms with Gasteiger partial charge in [-0.3, -0.25) is 9.59 Å². The van der Waals surface area contributed by atoms with Gasteiger partial charge in [-0.15, -0.1) is 0 Å². The molecule has 1 aliphatic rings. The molecular formula is C16H19N3O2S. The zero-order valence-electron chi connectivity index (χ0n) is 12.3. The van der Waals surface area contributed by atoms with Gasteiger partial charge in [-0.1, -0.05) is 25.7 Å². The molecule has 1 aromatic carbocycles. The minimum atomic E-state index is -0.648. The minimum Gasteiger partial charge on any atom is -0.345 e. The topological polar surface area (TPSA) is 82.0 Å². The van der Waals surface area contributed by atoms with Crippen LogP contribution in [0.1, 0.15) is 38.5 Å².